The zero-order chi connectivity index (χ0) is 17.1. The summed E-state index contributed by atoms with van der Waals surface area (Å²) >= 11 is 5.81. The molecule has 3 rings (SSSR count). The van der Waals surface area contributed by atoms with Crippen LogP contribution in [0.1, 0.15) is 12.8 Å². The normalized spacial score (nSPS) is 17.6. The fourth-order valence-electron chi connectivity index (χ4n) is 2.72. The molecule has 0 spiro atoms. The molecule has 1 N–H and O–H groups in total. The van der Waals surface area contributed by atoms with Crippen LogP contribution in [0.3, 0.4) is 0 Å². The third kappa shape index (κ3) is 3.73. The summed E-state index contributed by atoms with van der Waals surface area (Å²) in [5.74, 6) is 0.0852. The maximum absolute atomic E-state index is 13.5. The number of nitrogens with one attached hydrogen (secondary N) is 1. The van der Waals surface area contributed by atoms with Crippen LogP contribution in [0, 0.1) is 10.1 Å². The molecule has 2 heterocycles. The highest BCUT2D eigenvalue weighted by atomic mass is 35.5. The summed E-state index contributed by atoms with van der Waals surface area (Å²) < 4.78 is 13.5. The van der Waals surface area contributed by atoms with Crippen molar-refractivity contribution in [2.75, 3.05) is 23.3 Å². The number of anilines is 3. The van der Waals surface area contributed by atoms with Gasteiger partial charge in [-0.05, 0) is 43.2 Å². The van der Waals surface area contributed by atoms with E-state index in [-0.39, 0.29) is 16.7 Å². The van der Waals surface area contributed by atoms with Crippen molar-refractivity contribution >= 4 is 34.5 Å². The minimum Gasteiger partial charge on any atom is -0.369 e. The number of pyridine rings is 1. The Morgan fingerprint density at radius 2 is 2.04 bits per heavy atom. The van der Waals surface area contributed by atoms with E-state index in [1.807, 2.05) is 17.0 Å². The van der Waals surface area contributed by atoms with Crippen LogP contribution in [0.25, 0.3) is 0 Å². The molecule has 1 aliphatic rings. The highest BCUT2D eigenvalue weighted by Crippen LogP contribution is 2.29. The van der Waals surface area contributed by atoms with Gasteiger partial charge >= 0.3 is 5.69 Å². The van der Waals surface area contributed by atoms with Crippen molar-refractivity contribution in [1.82, 2.24) is 4.98 Å². The van der Waals surface area contributed by atoms with E-state index in [9.17, 15) is 14.5 Å². The Bertz CT molecular complexity index is 741. The molecule has 1 aromatic carbocycles. The standard InChI is InChI=1S/C16H16ClFN4O2/c17-15-8-7-14(22(23)24)16(20-15)19-12-3-5-13(6-4-12)21-9-1-2-11(18)10-21/h3-8,11H,1-2,9-10H2,(H,19,20). The van der Waals surface area contributed by atoms with E-state index in [1.54, 1.807) is 12.1 Å². The monoisotopic (exact) mass is 350 g/mol. The van der Waals surface area contributed by atoms with Gasteiger partial charge in [0.25, 0.3) is 0 Å². The lowest BCUT2D eigenvalue weighted by molar-refractivity contribution is -0.384. The first kappa shape index (κ1) is 16.4. The summed E-state index contributed by atoms with van der Waals surface area (Å²) in [7, 11) is 0. The molecule has 0 radical (unpaired) electrons. The van der Waals surface area contributed by atoms with Crippen LogP contribution in [-0.4, -0.2) is 29.2 Å². The first-order valence-electron chi connectivity index (χ1n) is 7.60. The smallest absolute Gasteiger partial charge is 0.311 e. The number of piperidine rings is 1. The van der Waals surface area contributed by atoms with Crippen molar-refractivity contribution in [3.63, 3.8) is 0 Å². The van der Waals surface area contributed by atoms with Crippen molar-refractivity contribution in [1.29, 1.82) is 0 Å². The molecule has 1 saturated heterocycles. The van der Waals surface area contributed by atoms with Crippen LogP contribution >= 0.6 is 11.6 Å². The molecule has 0 bridgehead atoms. The van der Waals surface area contributed by atoms with Crippen molar-refractivity contribution in [3.8, 4) is 0 Å². The van der Waals surface area contributed by atoms with Gasteiger partial charge in [-0.1, -0.05) is 11.6 Å². The molecular weight excluding hydrogens is 335 g/mol. The lowest BCUT2D eigenvalue weighted by Crippen LogP contribution is -2.36. The molecule has 1 unspecified atom stereocenters. The Balaban J connectivity index is 1.77. The molecule has 126 valence electrons. The van der Waals surface area contributed by atoms with Gasteiger partial charge in [0, 0.05) is 30.5 Å². The third-order valence-corrected chi connectivity index (χ3v) is 4.11. The largest absolute Gasteiger partial charge is 0.369 e. The number of nitrogens with zero attached hydrogens (tertiary/aromatic N) is 3. The highest BCUT2D eigenvalue weighted by Gasteiger charge is 2.19. The van der Waals surface area contributed by atoms with Crippen molar-refractivity contribution in [3.05, 3.63) is 51.7 Å². The average Bonchev–Trinajstić information content (AvgIpc) is 2.55. The molecule has 24 heavy (non-hydrogen) atoms. The number of aromatic nitrogens is 1. The molecule has 1 aliphatic heterocycles. The van der Waals surface area contributed by atoms with Gasteiger partial charge < -0.3 is 10.2 Å². The number of halogens is 2. The summed E-state index contributed by atoms with van der Waals surface area (Å²) in [6.45, 7) is 1.22. The first-order chi connectivity index (χ1) is 11.5. The van der Waals surface area contributed by atoms with E-state index in [1.165, 1.54) is 12.1 Å². The average molecular weight is 351 g/mol. The predicted molar refractivity (Wildman–Crippen MR) is 92.0 cm³/mol. The molecule has 6 nitrogen and oxygen atoms in total. The second kappa shape index (κ2) is 7.00. The number of alkyl halides is 1. The van der Waals surface area contributed by atoms with E-state index in [4.69, 9.17) is 11.6 Å². The Morgan fingerprint density at radius 3 is 2.71 bits per heavy atom. The minimum atomic E-state index is -0.796. The SMILES string of the molecule is O=[N+]([O-])c1ccc(Cl)nc1Nc1ccc(N2CCCC(F)C2)cc1. The van der Waals surface area contributed by atoms with Gasteiger partial charge in [0.15, 0.2) is 0 Å². The lowest BCUT2D eigenvalue weighted by atomic mass is 10.1. The fraction of sp³-hybridized carbons (Fsp3) is 0.312. The van der Waals surface area contributed by atoms with Crippen LogP contribution < -0.4 is 10.2 Å². The summed E-state index contributed by atoms with van der Waals surface area (Å²) in [5.41, 5.74) is 1.42. The predicted octanol–water partition coefficient (Wildman–Crippen LogP) is 4.33. The van der Waals surface area contributed by atoms with Crippen LogP contribution in [0.4, 0.5) is 27.3 Å². The molecule has 1 fully saturated rings. The van der Waals surface area contributed by atoms with Crippen LogP contribution in [0.5, 0.6) is 0 Å². The van der Waals surface area contributed by atoms with E-state index in [2.05, 4.69) is 10.3 Å². The number of hydrogen-bond donors (Lipinski definition) is 1. The summed E-state index contributed by atoms with van der Waals surface area (Å²) in [4.78, 5) is 16.5. The van der Waals surface area contributed by atoms with Gasteiger partial charge in [-0.2, -0.15) is 0 Å². The Kier molecular flexibility index (Phi) is 4.80. The molecule has 0 saturated carbocycles. The zero-order valence-electron chi connectivity index (χ0n) is 12.8. The molecule has 0 aliphatic carbocycles. The maximum Gasteiger partial charge on any atom is 0.311 e. The van der Waals surface area contributed by atoms with Gasteiger partial charge in [0.2, 0.25) is 5.82 Å². The minimum absolute atomic E-state index is 0.0852. The van der Waals surface area contributed by atoms with Crippen LogP contribution in [0.2, 0.25) is 5.15 Å². The fourth-order valence-corrected chi connectivity index (χ4v) is 2.87. The molecular formula is C16H16ClFN4O2. The second-order valence-electron chi connectivity index (χ2n) is 5.62. The molecule has 1 aromatic heterocycles. The highest BCUT2D eigenvalue weighted by molar-refractivity contribution is 6.29. The van der Waals surface area contributed by atoms with Gasteiger partial charge in [0.1, 0.15) is 11.3 Å². The van der Waals surface area contributed by atoms with E-state index in [0.29, 0.717) is 18.7 Å². The summed E-state index contributed by atoms with van der Waals surface area (Å²) in [5, 5.41) is 14.1. The van der Waals surface area contributed by atoms with Crippen molar-refractivity contribution in [2.24, 2.45) is 0 Å². The molecule has 8 heteroatoms. The van der Waals surface area contributed by atoms with Gasteiger partial charge in [-0.25, -0.2) is 9.37 Å². The van der Waals surface area contributed by atoms with Crippen molar-refractivity contribution in [2.45, 2.75) is 19.0 Å². The van der Waals surface area contributed by atoms with Gasteiger partial charge in [0.05, 0.1) is 4.92 Å². The van der Waals surface area contributed by atoms with E-state index < -0.39 is 11.1 Å². The van der Waals surface area contributed by atoms with Gasteiger partial charge in [-0.15, -0.1) is 0 Å². The topological polar surface area (TPSA) is 71.3 Å². The Hall–Kier alpha value is -2.41. The lowest BCUT2D eigenvalue weighted by Gasteiger charge is -2.31. The molecule has 0 amide bonds. The Morgan fingerprint density at radius 1 is 1.29 bits per heavy atom. The quantitative estimate of drug-likeness (QED) is 0.505. The Labute approximate surface area is 143 Å². The van der Waals surface area contributed by atoms with Crippen molar-refractivity contribution < 1.29 is 9.31 Å². The molecule has 1 atom stereocenters. The summed E-state index contributed by atoms with van der Waals surface area (Å²) in [6, 6.07) is 9.96. The van der Waals surface area contributed by atoms with Crippen LogP contribution in [-0.2, 0) is 0 Å². The number of hydrogen-bond acceptors (Lipinski definition) is 5. The summed E-state index contributed by atoms with van der Waals surface area (Å²) in [6.07, 6.45) is 0.648. The first-order valence-corrected chi connectivity index (χ1v) is 7.98. The number of nitro groups is 1. The number of benzene rings is 1. The zero-order valence-corrected chi connectivity index (χ0v) is 13.5. The maximum atomic E-state index is 13.5. The second-order valence-corrected chi connectivity index (χ2v) is 6.00. The van der Waals surface area contributed by atoms with E-state index in [0.717, 1.165) is 18.7 Å². The molecule has 2 aromatic rings. The van der Waals surface area contributed by atoms with Gasteiger partial charge in [-0.3, -0.25) is 10.1 Å². The number of rotatable bonds is 4. The van der Waals surface area contributed by atoms with Crippen LogP contribution in [0.15, 0.2) is 36.4 Å². The third-order valence-electron chi connectivity index (χ3n) is 3.90. The van der Waals surface area contributed by atoms with E-state index >= 15 is 0 Å².